The van der Waals surface area contributed by atoms with Gasteiger partial charge in [-0.25, -0.2) is 4.39 Å². The molecular formula is C14H27FN2. The first kappa shape index (κ1) is 16.3. The Labute approximate surface area is 105 Å². The second-order valence-electron chi connectivity index (χ2n) is 5.86. The average molecular weight is 242 g/mol. The fourth-order valence-corrected chi connectivity index (χ4v) is 1.28. The molecule has 100 valence electrons. The molecule has 0 spiro atoms. The van der Waals surface area contributed by atoms with Crippen molar-refractivity contribution >= 4 is 5.71 Å². The molecule has 0 amide bonds. The van der Waals surface area contributed by atoms with E-state index in [0.29, 0.717) is 18.6 Å². The SMILES string of the molecule is CCC(N)C(=N)/C=C\CCC(C)(F)C(C)(C)C. The molecule has 0 aliphatic heterocycles. The van der Waals surface area contributed by atoms with E-state index in [2.05, 4.69) is 0 Å². The van der Waals surface area contributed by atoms with Crippen LogP contribution in [0.4, 0.5) is 4.39 Å². The maximum absolute atomic E-state index is 14.2. The third-order valence-corrected chi connectivity index (χ3v) is 3.48. The van der Waals surface area contributed by atoms with Crippen LogP contribution < -0.4 is 5.73 Å². The molecule has 0 aliphatic rings. The number of halogens is 1. The van der Waals surface area contributed by atoms with E-state index in [1.165, 1.54) is 0 Å². The molecule has 0 saturated heterocycles. The highest BCUT2D eigenvalue weighted by atomic mass is 19.1. The molecule has 2 unspecified atom stereocenters. The molecule has 0 aromatic heterocycles. The van der Waals surface area contributed by atoms with Gasteiger partial charge in [0.15, 0.2) is 0 Å². The maximum Gasteiger partial charge on any atom is 0.113 e. The van der Waals surface area contributed by atoms with E-state index in [1.54, 1.807) is 13.0 Å². The van der Waals surface area contributed by atoms with Gasteiger partial charge in [-0.3, -0.25) is 0 Å². The topological polar surface area (TPSA) is 49.9 Å². The first-order chi connectivity index (χ1) is 7.62. The Bertz CT molecular complexity index is 274. The van der Waals surface area contributed by atoms with Crippen LogP contribution in [0.2, 0.25) is 0 Å². The zero-order valence-electron chi connectivity index (χ0n) is 11.8. The van der Waals surface area contributed by atoms with Gasteiger partial charge in [0.25, 0.3) is 0 Å². The summed E-state index contributed by atoms with van der Waals surface area (Å²) >= 11 is 0. The Morgan fingerprint density at radius 2 is 1.88 bits per heavy atom. The van der Waals surface area contributed by atoms with E-state index in [1.807, 2.05) is 33.8 Å². The normalized spacial score (nSPS) is 18.1. The van der Waals surface area contributed by atoms with Crippen LogP contribution in [0.25, 0.3) is 0 Å². The maximum atomic E-state index is 14.2. The largest absolute Gasteiger partial charge is 0.323 e. The fraction of sp³-hybridized carbons (Fsp3) is 0.786. The molecule has 3 N–H and O–H groups in total. The summed E-state index contributed by atoms with van der Waals surface area (Å²) in [5.74, 6) is 0. The first-order valence-electron chi connectivity index (χ1n) is 6.31. The van der Waals surface area contributed by atoms with E-state index in [4.69, 9.17) is 11.1 Å². The summed E-state index contributed by atoms with van der Waals surface area (Å²) in [6.45, 7) is 9.32. The Kier molecular flexibility index (Phi) is 6.03. The summed E-state index contributed by atoms with van der Waals surface area (Å²) < 4.78 is 14.2. The van der Waals surface area contributed by atoms with Gasteiger partial charge in [0.2, 0.25) is 0 Å². The molecule has 0 rings (SSSR count). The molecule has 0 aliphatic carbocycles. The van der Waals surface area contributed by atoms with E-state index >= 15 is 0 Å². The molecule has 0 saturated carbocycles. The Morgan fingerprint density at radius 3 is 2.29 bits per heavy atom. The molecule has 0 bridgehead atoms. The van der Waals surface area contributed by atoms with E-state index in [-0.39, 0.29) is 11.5 Å². The number of alkyl halides is 1. The van der Waals surface area contributed by atoms with Gasteiger partial charge in [-0.2, -0.15) is 0 Å². The number of nitrogens with one attached hydrogen (secondary N) is 1. The molecule has 3 heteroatoms. The van der Waals surface area contributed by atoms with Crippen molar-refractivity contribution in [3.8, 4) is 0 Å². The zero-order chi connectivity index (χ0) is 13.7. The summed E-state index contributed by atoms with van der Waals surface area (Å²) in [7, 11) is 0. The predicted octanol–water partition coefficient (Wildman–Crippen LogP) is 3.85. The molecule has 0 heterocycles. The number of hydrogen-bond acceptors (Lipinski definition) is 2. The van der Waals surface area contributed by atoms with Crippen molar-refractivity contribution in [1.82, 2.24) is 0 Å². The monoisotopic (exact) mass is 242 g/mol. The van der Waals surface area contributed by atoms with Crippen molar-refractivity contribution in [3.05, 3.63) is 12.2 Å². The fourth-order valence-electron chi connectivity index (χ4n) is 1.28. The highest BCUT2D eigenvalue weighted by molar-refractivity contribution is 5.96. The summed E-state index contributed by atoms with van der Waals surface area (Å²) in [5.41, 5.74) is 4.58. The van der Waals surface area contributed by atoms with Gasteiger partial charge in [0, 0.05) is 11.8 Å². The van der Waals surface area contributed by atoms with Crippen LogP contribution in [0.15, 0.2) is 12.2 Å². The van der Waals surface area contributed by atoms with Crippen LogP contribution in [0.1, 0.15) is 53.9 Å². The predicted molar refractivity (Wildman–Crippen MR) is 73.3 cm³/mol. The lowest BCUT2D eigenvalue weighted by molar-refractivity contribution is 0.0406. The van der Waals surface area contributed by atoms with Crippen molar-refractivity contribution in [1.29, 1.82) is 5.41 Å². The number of nitrogens with two attached hydrogens (primary N) is 1. The summed E-state index contributed by atoms with van der Waals surface area (Å²) in [5, 5.41) is 7.65. The summed E-state index contributed by atoms with van der Waals surface area (Å²) in [6.07, 6.45) is 5.42. The number of allylic oxidation sites excluding steroid dienone is 1. The summed E-state index contributed by atoms with van der Waals surface area (Å²) in [6, 6.07) is -0.203. The van der Waals surface area contributed by atoms with E-state index in [0.717, 1.165) is 6.42 Å². The minimum atomic E-state index is -1.19. The quantitative estimate of drug-likeness (QED) is 0.683. The molecule has 17 heavy (non-hydrogen) atoms. The number of rotatable bonds is 6. The van der Waals surface area contributed by atoms with Crippen LogP contribution in [0.5, 0.6) is 0 Å². The van der Waals surface area contributed by atoms with Crippen molar-refractivity contribution in [2.75, 3.05) is 0 Å². The Morgan fingerprint density at radius 1 is 1.35 bits per heavy atom. The lowest BCUT2D eigenvalue weighted by Gasteiger charge is -2.34. The third kappa shape index (κ3) is 5.44. The summed E-state index contributed by atoms with van der Waals surface area (Å²) in [4.78, 5) is 0. The minimum Gasteiger partial charge on any atom is -0.323 e. The van der Waals surface area contributed by atoms with Gasteiger partial charge >= 0.3 is 0 Å². The second kappa shape index (κ2) is 6.29. The van der Waals surface area contributed by atoms with Crippen molar-refractivity contribution < 1.29 is 4.39 Å². The minimum absolute atomic E-state index is 0.203. The van der Waals surface area contributed by atoms with Crippen molar-refractivity contribution in [2.24, 2.45) is 11.1 Å². The lowest BCUT2D eigenvalue weighted by atomic mass is 9.76. The van der Waals surface area contributed by atoms with E-state index < -0.39 is 5.67 Å². The van der Waals surface area contributed by atoms with Gasteiger partial charge in [0.1, 0.15) is 5.67 Å². The van der Waals surface area contributed by atoms with Crippen LogP contribution >= 0.6 is 0 Å². The smallest absolute Gasteiger partial charge is 0.113 e. The lowest BCUT2D eigenvalue weighted by Crippen LogP contribution is -2.34. The molecule has 2 nitrogen and oxygen atoms in total. The van der Waals surface area contributed by atoms with Crippen LogP contribution in [0, 0.1) is 10.8 Å². The average Bonchev–Trinajstić information content (AvgIpc) is 2.21. The van der Waals surface area contributed by atoms with Crippen molar-refractivity contribution in [3.63, 3.8) is 0 Å². The molecule has 2 atom stereocenters. The van der Waals surface area contributed by atoms with Crippen LogP contribution in [0.3, 0.4) is 0 Å². The van der Waals surface area contributed by atoms with Crippen molar-refractivity contribution in [2.45, 2.75) is 65.6 Å². The molecule has 0 radical (unpaired) electrons. The van der Waals surface area contributed by atoms with Gasteiger partial charge in [0.05, 0.1) is 0 Å². The van der Waals surface area contributed by atoms with Gasteiger partial charge in [-0.05, 0) is 37.7 Å². The highest BCUT2D eigenvalue weighted by Crippen LogP contribution is 2.37. The van der Waals surface area contributed by atoms with Gasteiger partial charge in [-0.15, -0.1) is 0 Å². The Balaban J connectivity index is 4.16. The third-order valence-electron chi connectivity index (χ3n) is 3.48. The van der Waals surface area contributed by atoms with Crippen LogP contribution in [-0.4, -0.2) is 17.4 Å². The number of hydrogen-bond donors (Lipinski definition) is 2. The molecule has 0 fully saturated rings. The molecule has 0 aromatic rings. The van der Waals surface area contributed by atoms with Gasteiger partial charge < -0.3 is 11.1 Å². The highest BCUT2D eigenvalue weighted by Gasteiger charge is 2.36. The second-order valence-corrected chi connectivity index (χ2v) is 5.86. The standard InChI is InChI=1S/C14H27FN2/c1-6-11(16)12(17)9-7-8-10-14(5,15)13(2,3)4/h7,9,11,17H,6,8,10,16H2,1-5H3/b9-7-,17-12?. The molecular weight excluding hydrogens is 215 g/mol. The zero-order valence-corrected chi connectivity index (χ0v) is 11.8. The first-order valence-corrected chi connectivity index (χ1v) is 6.31. The van der Waals surface area contributed by atoms with Crippen LogP contribution in [-0.2, 0) is 0 Å². The Hall–Kier alpha value is -0.700. The van der Waals surface area contributed by atoms with E-state index in [9.17, 15) is 4.39 Å². The van der Waals surface area contributed by atoms with Gasteiger partial charge in [-0.1, -0.05) is 33.8 Å². The molecule has 0 aromatic carbocycles.